The largest absolute Gasteiger partial charge is 0.495 e. The van der Waals surface area contributed by atoms with E-state index < -0.39 is 40.2 Å². The van der Waals surface area contributed by atoms with Crippen molar-refractivity contribution in [3.63, 3.8) is 0 Å². The summed E-state index contributed by atoms with van der Waals surface area (Å²) in [6.07, 6.45) is 1.63. The monoisotopic (exact) mass is 569 g/mol. The Morgan fingerprint density at radius 1 is 1.00 bits per heavy atom. The second kappa shape index (κ2) is 13.9. The first-order chi connectivity index (χ1) is 19.1. The van der Waals surface area contributed by atoms with Gasteiger partial charge in [-0.3, -0.25) is 13.9 Å². The molecular formula is C30H36FN3O5S. The number of para-hydroxylation sites is 2. The third kappa shape index (κ3) is 7.38. The van der Waals surface area contributed by atoms with E-state index >= 15 is 0 Å². The normalized spacial score (nSPS) is 11.9. The number of nitrogens with zero attached hydrogens (tertiary/aromatic N) is 2. The zero-order valence-electron chi connectivity index (χ0n) is 23.3. The number of sulfonamides is 1. The molecule has 0 unspecified atom stereocenters. The minimum Gasteiger partial charge on any atom is -0.495 e. The van der Waals surface area contributed by atoms with Crippen LogP contribution in [0.5, 0.6) is 5.75 Å². The van der Waals surface area contributed by atoms with Crippen molar-refractivity contribution in [2.24, 2.45) is 0 Å². The predicted molar refractivity (Wildman–Crippen MR) is 153 cm³/mol. The smallest absolute Gasteiger partial charge is 0.264 e. The maximum Gasteiger partial charge on any atom is 0.264 e. The highest BCUT2D eigenvalue weighted by Gasteiger charge is 2.34. The summed E-state index contributed by atoms with van der Waals surface area (Å²) in [5, 5.41) is 2.81. The highest BCUT2D eigenvalue weighted by molar-refractivity contribution is 7.92. The average molecular weight is 570 g/mol. The number of nitrogens with one attached hydrogen (secondary N) is 1. The fourth-order valence-electron chi connectivity index (χ4n) is 4.12. The summed E-state index contributed by atoms with van der Waals surface area (Å²) in [6.45, 7) is 4.93. The fourth-order valence-corrected chi connectivity index (χ4v) is 5.54. The van der Waals surface area contributed by atoms with Gasteiger partial charge in [0, 0.05) is 18.7 Å². The molecule has 0 bridgehead atoms. The Morgan fingerprint density at radius 3 is 2.30 bits per heavy atom. The van der Waals surface area contributed by atoms with E-state index in [0.717, 1.165) is 22.7 Å². The summed E-state index contributed by atoms with van der Waals surface area (Å²) in [4.78, 5) is 28.1. The first-order valence-electron chi connectivity index (χ1n) is 13.1. The number of rotatable bonds is 13. The Labute approximate surface area is 235 Å². The Bertz CT molecular complexity index is 1410. The maximum absolute atomic E-state index is 14.6. The minimum absolute atomic E-state index is 0.0113. The standard InChI is InChI=1S/C30H36FN3O5S/c1-5-6-19-32-30(36)23(3)33(20-24-11-7-8-12-26(24)31)29(35)21-34(27-13-9-10-14-28(27)39-4)40(37,38)25-17-15-22(2)16-18-25/h7-18,23H,5-6,19-21H2,1-4H3,(H,32,36)/t23-/m0/s1. The lowest BCUT2D eigenvalue weighted by Crippen LogP contribution is -2.51. The third-order valence-corrected chi connectivity index (χ3v) is 8.31. The number of halogens is 1. The topological polar surface area (TPSA) is 96.0 Å². The number of carbonyl (C=O) groups excluding carboxylic acids is 2. The number of amides is 2. The van der Waals surface area contributed by atoms with E-state index in [2.05, 4.69) is 5.32 Å². The number of aryl methyl sites for hydroxylation is 1. The van der Waals surface area contributed by atoms with Gasteiger partial charge in [-0.2, -0.15) is 0 Å². The number of methoxy groups -OCH3 is 1. The van der Waals surface area contributed by atoms with Crippen LogP contribution in [0.4, 0.5) is 10.1 Å². The molecule has 0 aliphatic carbocycles. The van der Waals surface area contributed by atoms with Gasteiger partial charge >= 0.3 is 0 Å². The molecule has 0 saturated heterocycles. The average Bonchev–Trinajstić information content (AvgIpc) is 2.95. The molecular weight excluding hydrogens is 533 g/mol. The van der Waals surface area contributed by atoms with Crippen LogP contribution in [0.1, 0.15) is 37.8 Å². The Hall–Kier alpha value is -3.92. The zero-order chi connectivity index (χ0) is 29.3. The Kier molecular flexibility index (Phi) is 10.7. The number of ether oxygens (including phenoxy) is 1. The van der Waals surface area contributed by atoms with Crippen LogP contribution < -0.4 is 14.4 Å². The van der Waals surface area contributed by atoms with E-state index in [0.29, 0.717) is 6.54 Å². The van der Waals surface area contributed by atoms with Crippen LogP contribution in [0.2, 0.25) is 0 Å². The SMILES string of the molecule is CCCCNC(=O)[C@H](C)N(Cc1ccccc1F)C(=O)CN(c1ccccc1OC)S(=O)(=O)c1ccc(C)cc1. The molecule has 0 spiro atoms. The summed E-state index contributed by atoms with van der Waals surface area (Å²) in [5.41, 5.74) is 1.23. The minimum atomic E-state index is -4.25. The van der Waals surface area contributed by atoms with Crippen molar-refractivity contribution < 1.29 is 27.1 Å². The molecule has 3 rings (SSSR count). The third-order valence-electron chi connectivity index (χ3n) is 6.54. The summed E-state index contributed by atoms with van der Waals surface area (Å²) in [7, 11) is -2.84. The molecule has 0 fully saturated rings. The lowest BCUT2D eigenvalue weighted by molar-refractivity contribution is -0.139. The summed E-state index contributed by atoms with van der Waals surface area (Å²) >= 11 is 0. The van der Waals surface area contributed by atoms with Gasteiger partial charge < -0.3 is 15.0 Å². The highest BCUT2D eigenvalue weighted by atomic mass is 32.2. The molecule has 0 radical (unpaired) electrons. The van der Waals surface area contributed by atoms with Crippen molar-refractivity contribution in [1.82, 2.24) is 10.2 Å². The molecule has 1 N–H and O–H groups in total. The van der Waals surface area contributed by atoms with Gasteiger partial charge in [0.25, 0.3) is 10.0 Å². The van der Waals surface area contributed by atoms with Crippen LogP contribution >= 0.6 is 0 Å². The van der Waals surface area contributed by atoms with E-state index in [1.54, 1.807) is 49.4 Å². The first kappa shape index (κ1) is 30.6. The van der Waals surface area contributed by atoms with E-state index in [9.17, 15) is 22.4 Å². The Morgan fingerprint density at radius 2 is 1.65 bits per heavy atom. The second-order valence-corrected chi connectivity index (χ2v) is 11.3. The van der Waals surface area contributed by atoms with Gasteiger partial charge in [-0.1, -0.05) is 61.4 Å². The maximum atomic E-state index is 14.6. The van der Waals surface area contributed by atoms with Crippen molar-refractivity contribution >= 4 is 27.5 Å². The van der Waals surface area contributed by atoms with E-state index in [1.807, 2.05) is 13.8 Å². The number of carbonyl (C=O) groups is 2. The van der Waals surface area contributed by atoms with Gasteiger partial charge in [0.1, 0.15) is 24.2 Å². The number of benzene rings is 3. The van der Waals surface area contributed by atoms with E-state index in [1.165, 1.54) is 42.3 Å². The van der Waals surface area contributed by atoms with Crippen LogP contribution in [0.25, 0.3) is 0 Å². The molecule has 0 aliphatic heterocycles. The summed E-state index contributed by atoms with van der Waals surface area (Å²) < 4.78 is 48.9. The van der Waals surface area contributed by atoms with Crippen molar-refractivity contribution in [3.05, 3.63) is 89.7 Å². The van der Waals surface area contributed by atoms with E-state index in [-0.39, 0.29) is 28.4 Å². The van der Waals surface area contributed by atoms with Gasteiger partial charge in [0.15, 0.2) is 0 Å². The van der Waals surface area contributed by atoms with Gasteiger partial charge in [-0.05, 0) is 50.6 Å². The first-order valence-corrected chi connectivity index (χ1v) is 14.6. The molecule has 0 saturated carbocycles. The van der Waals surface area contributed by atoms with Crippen LogP contribution in [-0.4, -0.2) is 51.4 Å². The molecule has 40 heavy (non-hydrogen) atoms. The zero-order valence-corrected chi connectivity index (χ0v) is 24.1. The van der Waals surface area contributed by atoms with Gasteiger partial charge in [-0.25, -0.2) is 12.8 Å². The molecule has 10 heteroatoms. The number of hydrogen-bond acceptors (Lipinski definition) is 5. The van der Waals surface area contributed by atoms with Crippen molar-refractivity contribution in [2.75, 3.05) is 24.5 Å². The molecule has 1 atom stereocenters. The number of anilines is 1. The fraction of sp³-hybridized carbons (Fsp3) is 0.333. The van der Waals surface area contributed by atoms with Crippen LogP contribution in [-0.2, 0) is 26.2 Å². The van der Waals surface area contributed by atoms with E-state index in [4.69, 9.17) is 4.74 Å². The lowest BCUT2D eigenvalue weighted by Gasteiger charge is -2.32. The Balaban J connectivity index is 2.05. The van der Waals surface area contributed by atoms with Crippen LogP contribution in [0.15, 0.2) is 77.7 Å². The van der Waals surface area contributed by atoms with Crippen molar-refractivity contribution in [2.45, 2.75) is 51.1 Å². The van der Waals surface area contributed by atoms with Crippen molar-refractivity contribution in [1.29, 1.82) is 0 Å². The van der Waals surface area contributed by atoms with Gasteiger partial charge in [-0.15, -0.1) is 0 Å². The lowest BCUT2D eigenvalue weighted by atomic mass is 10.1. The van der Waals surface area contributed by atoms with Crippen LogP contribution in [0.3, 0.4) is 0 Å². The molecule has 214 valence electrons. The number of hydrogen-bond donors (Lipinski definition) is 1. The summed E-state index contributed by atoms with van der Waals surface area (Å²) in [6, 6.07) is 17.7. The highest BCUT2D eigenvalue weighted by Crippen LogP contribution is 2.32. The molecule has 0 aliphatic rings. The second-order valence-electron chi connectivity index (χ2n) is 9.43. The molecule has 3 aromatic rings. The number of unbranched alkanes of at least 4 members (excludes halogenated alkanes) is 1. The molecule has 0 aromatic heterocycles. The molecule has 2 amide bonds. The molecule has 0 heterocycles. The van der Waals surface area contributed by atoms with Gasteiger partial charge in [0.2, 0.25) is 11.8 Å². The van der Waals surface area contributed by atoms with Crippen LogP contribution in [0, 0.1) is 12.7 Å². The predicted octanol–water partition coefficient (Wildman–Crippen LogP) is 4.67. The summed E-state index contributed by atoms with van der Waals surface area (Å²) in [5.74, 6) is -1.38. The molecule has 3 aromatic carbocycles. The molecule has 8 nitrogen and oxygen atoms in total. The quantitative estimate of drug-likeness (QED) is 0.302. The van der Waals surface area contributed by atoms with Gasteiger partial charge in [0.05, 0.1) is 17.7 Å². The van der Waals surface area contributed by atoms with Crippen molar-refractivity contribution in [3.8, 4) is 5.75 Å².